The first-order valence-electron chi connectivity index (χ1n) is 6.19. The predicted octanol–water partition coefficient (Wildman–Crippen LogP) is 3.57. The van der Waals surface area contributed by atoms with Crippen molar-refractivity contribution in [3.63, 3.8) is 0 Å². The third kappa shape index (κ3) is 2.35. The number of aromatic amines is 1. The molecule has 2 aromatic heterocycles. The van der Waals surface area contributed by atoms with Crippen LogP contribution >= 0.6 is 12.2 Å². The van der Waals surface area contributed by atoms with Crippen LogP contribution in [0.15, 0.2) is 48.8 Å². The molecule has 0 fully saturated rings. The molecule has 2 heterocycles. The maximum atomic E-state index is 5.34. The van der Waals surface area contributed by atoms with Crippen molar-refractivity contribution in [2.24, 2.45) is 0 Å². The van der Waals surface area contributed by atoms with E-state index in [1.54, 1.807) is 18.5 Å². The quantitative estimate of drug-likeness (QED) is 0.729. The molecule has 0 aliphatic carbocycles. The Hall–Kier alpha value is -2.40. The van der Waals surface area contributed by atoms with Gasteiger partial charge in [0.1, 0.15) is 4.64 Å². The van der Waals surface area contributed by atoms with Gasteiger partial charge in [0.05, 0.1) is 5.69 Å². The molecule has 0 amide bonds. The van der Waals surface area contributed by atoms with Gasteiger partial charge in [-0.25, -0.2) is 15.0 Å². The molecular weight excluding hydrogens is 268 g/mol. The van der Waals surface area contributed by atoms with Crippen molar-refractivity contribution in [2.75, 3.05) is 0 Å². The molecular formula is C15H12N4S. The van der Waals surface area contributed by atoms with Gasteiger partial charge in [-0.2, -0.15) is 0 Å². The monoisotopic (exact) mass is 280 g/mol. The first kappa shape index (κ1) is 12.6. The van der Waals surface area contributed by atoms with E-state index in [4.69, 9.17) is 12.2 Å². The smallest absolute Gasteiger partial charge is 0.195 e. The second-order valence-corrected chi connectivity index (χ2v) is 4.72. The summed E-state index contributed by atoms with van der Waals surface area (Å²) < 4.78 is 0.560. The van der Waals surface area contributed by atoms with Crippen LogP contribution in [0.4, 0.5) is 0 Å². The average Bonchev–Trinajstić information content (AvgIpc) is 2.51. The Balaban J connectivity index is 2.22. The Bertz CT molecular complexity index is 782. The van der Waals surface area contributed by atoms with Crippen LogP contribution < -0.4 is 0 Å². The van der Waals surface area contributed by atoms with Gasteiger partial charge in [0.2, 0.25) is 0 Å². The minimum atomic E-state index is 0.538. The van der Waals surface area contributed by atoms with Crippen molar-refractivity contribution in [1.82, 2.24) is 19.9 Å². The molecule has 98 valence electrons. The molecule has 3 aromatic rings. The number of hydrogen-bond acceptors (Lipinski definition) is 4. The summed E-state index contributed by atoms with van der Waals surface area (Å²) in [5.74, 6) is 1.12. The van der Waals surface area contributed by atoms with Gasteiger partial charge in [0.15, 0.2) is 11.6 Å². The number of aromatic nitrogens is 4. The number of benzene rings is 1. The molecule has 0 radical (unpaired) electrons. The van der Waals surface area contributed by atoms with Crippen LogP contribution in [0.3, 0.4) is 0 Å². The molecule has 0 saturated carbocycles. The van der Waals surface area contributed by atoms with Gasteiger partial charge < -0.3 is 4.98 Å². The highest BCUT2D eigenvalue weighted by Crippen LogP contribution is 2.23. The molecule has 0 aliphatic heterocycles. The highest BCUT2D eigenvalue weighted by molar-refractivity contribution is 7.71. The summed E-state index contributed by atoms with van der Waals surface area (Å²) in [6, 6.07) is 11.8. The van der Waals surface area contributed by atoms with E-state index in [9.17, 15) is 0 Å². The van der Waals surface area contributed by atoms with Crippen molar-refractivity contribution in [2.45, 2.75) is 6.92 Å². The van der Waals surface area contributed by atoms with Gasteiger partial charge in [-0.1, -0.05) is 42.5 Å². The van der Waals surface area contributed by atoms with E-state index in [2.05, 4.69) is 19.9 Å². The van der Waals surface area contributed by atoms with Crippen molar-refractivity contribution in [1.29, 1.82) is 0 Å². The Morgan fingerprint density at radius 1 is 1.00 bits per heavy atom. The van der Waals surface area contributed by atoms with Crippen molar-refractivity contribution in [3.05, 3.63) is 59.0 Å². The van der Waals surface area contributed by atoms with Crippen LogP contribution in [0.5, 0.6) is 0 Å². The zero-order chi connectivity index (χ0) is 13.9. The van der Waals surface area contributed by atoms with E-state index in [1.165, 1.54) is 0 Å². The largest absolute Gasteiger partial charge is 0.336 e. The third-order valence-corrected chi connectivity index (χ3v) is 3.39. The van der Waals surface area contributed by atoms with E-state index >= 15 is 0 Å². The molecule has 3 rings (SSSR count). The minimum absolute atomic E-state index is 0.538. The second-order valence-electron chi connectivity index (χ2n) is 4.33. The molecule has 0 aliphatic rings. The van der Waals surface area contributed by atoms with Crippen LogP contribution in [0.25, 0.3) is 22.9 Å². The lowest BCUT2D eigenvalue weighted by molar-refractivity contribution is 1.06. The first-order valence-corrected chi connectivity index (χ1v) is 6.60. The van der Waals surface area contributed by atoms with E-state index < -0.39 is 0 Å². The molecule has 20 heavy (non-hydrogen) atoms. The molecule has 0 bridgehead atoms. The minimum Gasteiger partial charge on any atom is -0.336 e. The lowest BCUT2D eigenvalue weighted by atomic mass is 10.1. The van der Waals surface area contributed by atoms with Gasteiger partial charge in [-0.05, 0) is 18.6 Å². The molecule has 5 heteroatoms. The number of nitrogens with zero attached hydrogens (tertiary/aromatic N) is 3. The second kappa shape index (κ2) is 5.30. The Morgan fingerprint density at radius 2 is 1.70 bits per heavy atom. The summed E-state index contributed by atoms with van der Waals surface area (Å²) >= 11 is 5.34. The molecule has 4 nitrogen and oxygen atoms in total. The number of hydrogen-bond donors (Lipinski definition) is 1. The molecule has 0 atom stereocenters. The molecule has 0 unspecified atom stereocenters. The van der Waals surface area contributed by atoms with Gasteiger partial charge in [-0.15, -0.1) is 0 Å². The Kier molecular flexibility index (Phi) is 3.35. The maximum absolute atomic E-state index is 5.34. The number of nitrogens with one attached hydrogen (secondary N) is 1. The standard InChI is InChI=1S/C15H12N4S/c1-10-12(11-6-3-2-4-7-11)18-14(19-15(10)20)13-16-8-5-9-17-13/h2-9H,1H3,(H,18,19,20). The lowest BCUT2D eigenvalue weighted by Gasteiger charge is -2.08. The fraction of sp³-hybridized carbons (Fsp3) is 0.0667. The van der Waals surface area contributed by atoms with Gasteiger partial charge in [0.25, 0.3) is 0 Å². The summed E-state index contributed by atoms with van der Waals surface area (Å²) in [4.78, 5) is 16.1. The van der Waals surface area contributed by atoms with Crippen molar-refractivity contribution >= 4 is 12.2 Å². The summed E-state index contributed by atoms with van der Waals surface area (Å²) in [5.41, 5.74) is 2.97. The Morgan fingerprint density at radius 3 is 2.40 bits per heavy atom. The van der Waals surface area contributed by atoms with Crippen molar-refractivity contribution < 1.29 is 0 Å². The zero-order valence-corrected chi connectivity index (χ0v) is 11.7. The maximum Gasteiger partial charge on any atom is 0.195 e. The fourth-order valence-electron chi connectivity index (χ4n) is 1.95. The molecule has 0 spiro atoms. The normalized spacial score (nSPS) is 10.4. The van der Waals surface area contributed by atoms with E-state index in [0.717, 1.165) is 16.8 Å². The summed E-state index contributed by atoms with van der Waals surface area (Å²) in [5, 5.41) is 0. The van der Waals surface area contributed by atoms with Crippen LogP contribution in [-0.2, 0) is 0 Å². The van der Waals surface area contributed by atoms with Crippen LogP contribution in [0.2, 0.25) is 0 Å². The van der Waals surface area contributed by atoms with Crippen molar-refractivity contribution in [3.8, 4) is 22.9 Å². The Labute approximate surface area is 121 Å². The lowest BCUT2D eigenvalue weighted by Crippen LogP contribution is -1.99. The summed E-state index contributed by atoms with van der Waals surface area (Å²) in [6.07, 6.45) is 3.37. The van der Waals surface area contributed by atoms with Gasteiger partial charge in [0, 0.05) is 18.0 Å². The number of rotatable bonds is 2. The summed E-state index contributed by atoms with van der Waals surface area (Å²) in [7, 11) is 0. The van der Waals surface area contributed by atoms with Crippen LogP contribution in [-0.4, -0.2) is 19.9 Å². The summed E-state index contributed by atoms with van der Waals surface area (Å²) in [6.45, 7) is 1.96. The van der Waals surface area contributed by atoms with Crippen LogP contribution in [0, 0.1) is 11.6 Å². The highest BCUT2D eigenvalue weighted by atomic mass is 32.1. The zero-order valence-electron chi connectivity index (χ0n) is 10.9. The van der Waals surface area contributed by atoms with Gasteiger partial charge >= 0.3 is 0 Å². The van der Waals surface area contributed by atoms with E-state index in [-0.39, 0.29) is 0 Å². The topological polar surface area (TPSA) is 54.5 Å². The van der Waals surface area contributed by atoms with Gasteiger partial charge in [-0.3, -0.25) is 0 Å². The van der Waals surface area contributed by atoms with E-state index in [1.807, 2.05) is 37.3 Å². The molecule has 1 aromatic carbocycles. The first-order chi connectivity index (χ1) is 9.75. The number of H-pyrrole nitrogens is 1. The van der Waals surface area contributed by atoms with E-state index in [0.29, 0.717) is 16.3 Å². The highest BCUT2D eigenvalue weighted by Gasteiger charge is 2.09. The molecule has 1 N–H and O–H groups in total. The predicted molar refractivity (Wildman–Crippen MR) is 80.6 cm³/mol. The fourth-order valence-corrected chi connectivity index (χ4v) is 2.15. The SMILES string of the molecule is Cc1c(-c2ccccc2)[nH]c(-c2ncccn2)nc1=S. The molecule has 0 saturated heterocycles. The van der Waals surface area contributed by atoms with Crippen LogP contribution in [0.1, 0.15) is 5.56 Å². The third-order valence-electron chi connectivity index (χ3n) is 2.99. The average molecular weight is 280 g/mol.